The highest BCUT2D eigenvalue weighted by Crippen LogP contribution is 2.29. The summed E-state index contributed by atoms with van der Waals surface area (Å²) in [4.78, 5) is 13.7. The van der Waals surface area contributed by atoms with Crippen LogP contribution in [0.4, 0.5) is 0 Å². The van der Waals surface area contributed by atoms with Crippen LogP contribution in [0.25, 0.3) is 0 Å². The molecule has 1 saturated heterocycles. The van der Waals surface area contributed by atoms with E-state index in [1.165, 1.54) is 4.90 Å². The van der Waals surface area contributed by atoms with E-state index in [0.29, 0.717) is 12.8 Å². The molecule has 116 valence electrons. The molecule has 0 unspecified atom stereocenters. The molecule has 1 aliphatic heterocycles. The molecule has 0 aromatic rings. The lowest BCUT2D eigenvalue weighted by Crippen LogP contribution is -2.52. The van der Waals surface area contributed by atoms with E-state index in [4.69, 9.17) is 10.5 Å². The zero-order chi connectivity index (χ0) is 14.6. The largest absolute Gasteiger partial charge is 0.394 e. The Morgan fingerprint density at radius 1 is 1.24 bits per heavy atom. The lowest BCUT2D eigenvalue weighted by Gasteiger charge is -2.30. The minimum atomic E-state index is -0.498. The smallest absolute Gasteiger partial charge is 0.238 e. The predicted molar refractivity (Wildman–Crippen MR) is 78.4 cm³/mol. The molecule has 0 radical (unpaired) electrons. The first-order valence-electron chi connectivity index (χ1n) is 7.12. The number of hydrogen-bond acceptors (Lipinski definition) is 5. The molecule has 2 N–H and O–H groups in total. The number of nitrogens with zero attached hydrogens (tertiary/aromatic N) is 3. The lowest BCUT2D eigenvalue weighted by molar-refractivity contribution is -0.131. The summed E-state index contributed by atoms with van der Waals surface area (Å²) >= 11 is 0. The Labute approximate surface area is 131 Å². The summed E-state index contributed by atoms with van der Waals surface area (Å²) in [6.07, 6.45) is 4.94. The summed E-state index contributed by atoms with van der Waals surface area (Å²) in [6, 6.07) is 3.18. The van der Waals surface area contributed by atoms with Crippen LogP contribution in [0.2, 0.25) is 0 Å². The van der Waals surface area contributed by atoms with Gasteiger partial charge in [0.05, 0.1) is 25.3 Å². The molecule has 1 heterocycles. The monoisotopic (exact) mass is 312 g/mol. The number of hydrogen-bond donors (Lipinski definition) is 2. The fourth-order valence-electron chi connectivity index (χ4n) is 3.21. The Bertz CT molecular complexity index is 429. The van der Waals surface area contributed by atoms with Gasteiger partial charge in [-0.25, -0.2) is 0 Å². The van der Waals surface area contributed by atoms with Crippen molar-refractivity contribution in [3.63, 3.8) is 0 Å². The van der Waals surface area contributed by atoms with E-state index in [-0.39, 0.29) is 37.0 Å². The van der Waals surface area contributed by atoms with Crippen LogP contribution in [-0.2, 0) is 4.79 Å². The van der Waals surface area contributed by atoms with Gasteiger partial charge in [0, 0.05) is 5.54 Å². The minimum absolute atomic E-state index is 0. The van der Waals surface area contributed by atoms with Crippen LogP contribution in [0, 0.1) is 22.7 Å². The number of carbonyl (C=O) groups excluding carboxylic acids is 1. The first-order chi connectivity index (χ1) is 9.65. The molecule has 0 aromatic heterocycles. The molecule has 21 heavy (non-hydrogen) atoms. The molecule has 2 aliphatic rings. The molecule has 0 aromatic carbocycles. The average Bonchev–Trinajstić information content (AvgIpc) is 3.11. The highest BCUT2D eigenvalue weighted by atomic mass is 35.5. The van der Waals surface area contributed by atoms with E-state index in [0.717, 1.165) is 25.7 Å². The maximum Gasteiger partial charge on any atom is 0.238 e. The number of aliphatic hydroxyl groups excluding tert-OH is 1. The molecule has 1 aliphatic carbocycles. The van der Waals surface area contributed by atoms with Gasteiger partial charge in [-0.2, -0.15) is 10.5 Å². The summed E-state index contributed by atoms with van der Waals surface area (Å²) in [5.41, 5.74) is -0.361. The van der Waals surface area contributed by atoms with E-state index in [2.05, 4.69) is 17.5 Å². The van der Waals surface area contributed by atoms with Gasteiger partial charge in [-0.05, 0) is 25.7 Å². The third-order valence-electron chi connectivity index (χ3n) is 4.45. The summed E-state index contributed by atoms with van der Waals surface area (Å²) < 4.78 is 0. The van der Waals surface area contributed by atoms with Crippen molar-refractivity contribution < 1.29 is 9.90 Å². The second-order valence-electron chi connectivity index (χ2n) is 5.67. The highest BCUT2D eigenvalue weighted by molar-refractivity contribution is 5.85. The quantitative estimate of drug-likeness (QED) is 0.796. The van der Waals surface area contributed by atoms with Crippen LogP contribution >= 0.6 is 12.4 Å². The van der Waals surface area contributed by atoms with Gasteiger partial charge < -0.3 is 15.3 Å². The zero-order valence-electron chi connectivity index (χ0n) is 11.9. The van der Waals surface area contributed by atoms with E-state index >= 15 is 0 Å². The fourth-order valence-corrected chi connectivity index (χ4v) is 3.21. The highest BCUT2D eigenvalue weighted by Gasteiger charge is 2.39. The number of carbonyl (C=O) groups is 1. The maximum absolute atomic E-state index is 12.3. The molecule has 0 bridgehead atoms. The zero-order valence-corrected chi connectivity index (χ0v) is 12.7. The van der Waals surface area contributed by atoms with Crippen LogP contribution in [0.3, 0.4) is 0 Å². The van der Waals surface area contributed by atoms with Gasteiger partial charge in [0.1, 0.15) is 12.1 Å². The molecule has 2 atom stereocenters. The standard InChI is InChI=1S/C14H20N4O2.ClH/c15-7-11-3-4-12(8-16)18(11)13(20)9-17-14(10-19)5-1-2-6-14;/h11-12,17,19H,1-6,9-10H2;1H/t11-,12+;. The first kappa shape index (κ1) is 17.7. The van der Waals surface area contributed by atoms with Gasteiger partial charge in [0.25, 0.3) is 0 Å². The van der Waals surface area contributed by atoms with Crippen molar-refractivity contribution in [2.75, 3.05) is 13.2 Å². The van der Waals surface area contributed by atoms with Crippen molar-refractivity contribution in [2.24, 2.45) is 0 Å². The number of nitrogens with one attached hydrogen (secondary N) is 1. The van der Waals surface area contributed by atoms with Gasteiger partial charge in [-0.1, -0.05) is 12.8 Å². The van der Waals surface area contributed by atoms with Crippen molar-refractivity contribution in [2.45, 2.75) is 56.1 Å². The Balaban J connectivity index is 0.00000220. The fraction of sp³-hybridized carbons (Fsp3) is 0.786. The van der Waals surface area contributed by atoms with Crippen LogP contribution in [0.5, 0.6) is 0 Å². The minimum Gasteiger partial charge on any atom is -0.394 e. The molecular formula is C14H21ClN4O2. The number of nitriles is 2. The van der Waals surface area contributed by atoms with Gasteiger partial charge in [-0.15, -0.1) is 12.4 Å². The van der Waals surface area contributed by atoms with Crippen molar-refractivity contribution in [3.05, 3.63) is 0 Å². The second-order valence-corrected chi connectivity index (χ2v) is 5.67. The first-order valence-corrected chi connectivity index (χ1v) is 7.12. The molecule has 6 nitrogen and oxygen atoms in total. The number of aliphatic hydroxyl groups is 1. The Morgan fingerprint density at radius 3 is 2.19 bits per heavy atom. The molecular weight excluding hydrogens is 292 g/mol. The van der Waals surface area contributed by atoms with Gasteiger partial charge >= 0.3 is 0 Å². The Morgan fingerprint density at radius 2 is 1.76 bits per heavy atom. The number of amides is 1. The number of rotatable bonds is 4. The molecule has 1 amide bonds. The van der Waals surface area contributed by atoms with Gasteiger partial charge in [0.2, 0.25) is 5.91 Å². The predicted octanol–water partition coefficient (Wildman–Crippen LogP) is 0.710. The summed E-state index contributed by atoms with van der Waals surface area (Å²) in [6.45, 7) is 0.0978. The molecule has 2 rings (SSSR count). The number of halogens is 1. The maximum atomic E-state index is 12.3. The van der Waals surface area contributed by atoms with Crippen LogP contribution in [0.1, 0.15) is 38.5 Å². The molecule has 7 heteroatoms. The Hall–Kier alpha value is -1.34. The SMILES string of the molecule is Cl.N#C[C@@H]1CC[C@H](C#N)N1C(=O)CNC1(CO)CCCC1. The molecule has 1 saturated carbocycles. The summed E-state index contributed by atoms with van der Waals surface area (Å²) in [5.74, 6) is -0.222. The average molecular weight is 313 g/mol. The second kappa shape index (κ2) is 7.61. The third kappa shape index (κ3) is 3.65. The molecule has 0 spiro atoms. The normalized spacial score (nSPS) is 26.7. The van der Waals surface area contributed by atoms with Crippen molar-refractivity contribution >= 4 is 18.3 Å². The van der Waals surface area contributed by atoms with E-state index in [9.17, 15) is 9.90 Å². The summed E-state index contributed by atoms with van der Waals surface area (Å²) in [7, 11) is 0. The van der Waals surface area contributed by atoms with E-state index in [1.807, 2.05) is 0 Å². The Kier molecular flexibility index (Phi) is 6.42. The molecule has 2 fully saturated rings. The number of likely N-dealkylation sites (tertiary alicyclic amines) is 1. The third-order valence-corrected chi connectivity index (χ3v) is 4.45. The van der Waals surface area contributed by atoms with Gasteiger partial charge in [-0.3, -0.25) is 4.79 Å². The van der Waals surface area contributed by atoms with Crippen LogP contribution in [0.15, 0.2) is 0 Å². The summed E-state index contributed by atoms with van der Waals surface area (Å²) in [5, 5.41) is 30.8. The van der Waals surface area contributed by atoms with E-state index < -0.39 is 12.1 Å². The lowest BCUT2D eigenvalue weighted by atomic mass is 9.99. The van der Waals surface area contributed by atoms with Crippen LogP contribution in [-0.4, -0.2) is 46.7 Å². The van der Waals surface area contributed by atoms with Gasteiger partial charge in [0.15, 0.2) is 0 Å². The van der Waals surface area contributed by atoms with E-state index in [1.54, 1.807) is 0 Å². The topological polar surface area (TPSA) is 100 Å². The van der Waals surface area contributed by atoms with Crippen LogP contribution < -0.4 is 5.32 Å². The van der Waals surface area contributed by atoms with Crippen molar-refractivity contribution in [3.8, 4) is 12.1 Å². The van der Waals surface area contributed by atoms with Crippen molar-refractivity contribution in [1.82, 2.24) is 10.2 Å². The van der Waals surface area contributed by atoms with Crippen molar-refractivity contribution in [1.29, 1.82) is 10.5 Å².